The molecule has 0 saturated carbocycles. The second-order valence-electron chi connectivity index (χ2n) is 9.44. The normalized spacial score (nSPS) is 13.8. The molecule has 2 heterocycles. The maximum atomic E-state index is 14.2. The Hall–Kier alpha value is -3.69. The van der Waals surface area contributed by atoms with Gasteiger partial charge in [0.2, 0.25) is 16.9 Å². The van der Waals surface area contributed by atoms with Crippen LogP contribution in [0.25, 0.3) is 28.0 Å². The molecule has 1 aliphatic rings. The fourth-order valence-electron chi connectivity index (χ4n) is 4.29. The van der Waals surface area contributed by atoms with Crippen LogP contribution in [-0.4, -0.2) is 45.6 Å². The largest absolute Gasteiger partial charge is 0.502 e. The van der Waals surface area contributed by atoms with Gasteiger partial charge in [-0.05, 0) is 46.3 Å². The van der Waals surface area contributed by atoms with Gasteiger partial charge in [0.05, 0.1) is 18.1 Å². The van der Waals surface area contributed by atoms with Crippen molar-refractivity contribution in [2.24, 2.45) is 0 Å². The standard InChI is InChI=1S/C28H32O9/c1-15(2)8-9-17-20-22(29)21-19(36-26(20)23(30)27(25(17)33-7)35-14-32-6)12-18-16(24(21)34-13-31-5)10-11-28(3,4)37-18/h8,10-12,30H,9,13-14H2,1-7H3. The number of hydrogen-bond donors (Lipinski definition) is 1. The van der Waals surface area contributed by atoms with Gasteiger partial charge in [-0.25, -0.2) is 0 Å². The highest BCUT2D eigenvalue weighted by atomic mass is 16.7. The average Bonchev–Trinajstić information content (AvgIpc) is 2.84. The zero-order valence-corrected chi connectivity index (χ0v) is 22.1. The van der Waals surface area contributed by atoms with Gasteiger partial charge in [0.1, 0.15) is 28.1 Å². The van der Waals surface area contributed by atoms with Crippen LogP contribution in [0.5, 0.6) is 28.7 Å². The number of fused-ring (bicyclic) bond motifs is 3. The quantitative estimate of drug-likeness (QED) is 0.232. The molecule has 0 saturated heterocycles. The van der Waals surface area contributed by atoms with E-state index in [1.54, 1.807) is 6.07 Å². The van der Waals surface area contributed by atoms with Crippen molar-refractivity contribution in [3.05, 3.63) is 45.1 Å². The summed E-state index contributed by atoms with van der Waals surface area (Å²) in [4.78, 5) is 14.2. The van der Waals surface area contributed by atoms with Gasteiger partial charge in [-0.2, -0.15) is 0 Å². The summed E-state index contributed by atoms with van der Waals surface area (Å²) in [5.41, 5.74) is 1.30. The van der Waals surface area contributed by atoms with Gasteiger partial charge in [-0.15, -0.1) is 0 Å². The molecule has 0 bridgehead atoms. The Morgan fingerprint density at radius 1 is 1.03 bits per heavy atom. The summed E-state index contributed by atoms with van der Waals surface area (Å²) < 4.78 is 39.7. The van der Waals surface area contributed by atoms with Crippen LogP contribution in [0.3, 0.4) is 0 Å². The van der Waals surface area contributed by atoms with Gasteiger partial charge < -0.3 is 37.9 Å². The number of rotatable bonds is 9. The summed E-state index contributed by atoms with van der Waals surface area (Å²) in [6.45, 7) is 7.49. The van der Waals surface area contributed by atoms with Crippen molar-refractivity contribution >= 4 is 28.0 Å². The lowest BCUT2D eigenvalue weighted by Crippen LogP contribution is -2.27. The maximum absolute atomic E-state index is 14.2. The van der Waals surface area contributed by atoms with Crippen LogP contribution in [0.2, 0.25) is 0 Å². The van der Waals surface area contributed by atoms with Crippen molar-refractivity contribution in [1.82, 2.24) is 0 Å². The highest BCUT2D eigenvalue weighted by Gasteiger charge is 2.31. The number of aromatic hydroxyl groups is 1. The lowest BCUT2D eigenvalue weighted by molar-refractivity contribution is 0.0472. The summed E-state index contributed by atoms with van der Waals surface area (Å²) in [5, 5.41) is 11.6. The second-order valence-corrected chi connectivity index (χ2v) is 9.44. The first-order valence-corrected chi connectivity index (χ1v) is 11.8. The van der Waals surface area contributed by atoms with E-state index in [1.165, 1.54) is 21.3 Å². The predicted molar refractivity (Wildman–Crippen MR) is 140 cm³/mol. The van der Waals surface area contributed by atoms with Crippen LogP contribution < -0.4 is 24.4 Å². The number of benzene rings is 2. The van der Waals surface area contributed by atoms with Gasteiger partial charge in [-0.3, -0.25) is 4.79 Å². The van der Waals surface area contributed by atoms with Crippen molar-refractivity contribution in [2.45, 2.75) is 39.7 Å². The second kappa shape index (κ2) is 10.4. The highest BCUT2D eigenvalue weighted by Crippen LogP contribution is 2.48. The molecule has 198 valence electrons. The molecule has 0 aliphatic carbocycles. The van der Waals surface area contributed by atoms with Crippen molar-refractivity contribution in [3.63, 3.8) is 0 Å². The molecule has 3 aromatic rings. The van der Waals surface area contributed by atoms with E-state index >= 15 is 0 Å². The van der Waals surface area contributed by atoms with Gasteiger partial charge in [-0.1, -0.05) is 11.6 Å². The van der Waals surface area contributed by atoms with Crippen LogP contribution in [0, 0.1) is 0 Å². The third-order valence-corrected chi connectivity index (χ3v) is 5.94. The Bertz CT molecular complexity index is 1460. The molecule has 2 aromatic carbocycles. The summed E-state index contributed by atoms with van der Waals surface area (Å²) in [5.74, 6) is 0.603. The molecule has 0 spiro atoms. The fourth-order valence-corrected chi connectivity index (χ4v) is 4.29. The number of methoxy groups -OCH3 is 3. The van der Waals surface area contributed by atoms with E-state index in [9.17, 15) is 9.90 Å². The molecule has 0 radical (unpaired) electrons. The number of phenolic OH excluding ortho intramolecular Hbond substituents is 1. The molecule has 0 fully saturated rings. The molecule has 0 atom stereocenters. The van der Waals surface area contributed by atoms with Crippen LogP contribution in [0.1, 0.15) is 38.8 Å². The summed E-state index contributed by atoms with van der Waals surface area (Å²) in [6, 6.07) is 1.63. The Kier molecular flexibility index (Phi) is 7.38. The summed E-state index contributed by atoms with van der Waals surface area (Å²) in [7, 11) is 4.40. The topological polar surface area (TPSA) is 106 Å². The van der Waals surface area contributed by atoms with E-state index in [1.807, 2.05) is 45.9 Å². The molecule has 9 heteroatoms. The Balaban J connectivity index is 2.17. The van der Waals surface area contributed by atoms with E-state index in [4.69, 9.17) is 32.8 Å². The number of ether oxygens (including phenoxy) is 6. The first kappa shape index (κ1) is 26.4. The SMILES string of the molecule is COCOc1c(OC)c(CC=C(C)C)c2c(=O)c3c(OCOC)c4c(cc3oc2c1O)OC(C)(C)C=C4. The minimum Gasteiger partial charge on any atom is -0.502 e. The number of allylic oxidation sites excluding steroid dienone is 2. The Morgan fingerprint density at radius 3 is 2.32 bits per heavy atom. The van der Waals surface area contributed by atoms with E-state index in [0.717, 1.165) is 5.57 Å². The number of phenols is 1. The minimum atomic E-state index is -0.579. The number of hydrogen-bond acceptors (Lipinski definition) is 9. The Morgan fingerprint density at radius 2 is 1.70 bits per heavy atom. The van der Waals surface area contributed by atoms with Crippen LogP contribution in [0.4, 0.5) is 0 Å². The van der Waals surface area contributed by atoms with E-state index < -0.39 is 11.0 Å². The monoisotopic (exact) mass is 512 g/mol. The lowest BCUT2D eigenvalue weighted by atomic mass is 9.97. The van der Waals surface area contributed by atoms with Gasteiger partial charge in [0, 0.05) is 25.8 Å². The third kappa shape index (κ3) is 4.84. The smallest absolute Gasteiger partial charge is 0.210 e. The Labute approximate surface area is 214 Å². The first-order valence-electron chi connectivity index (χ1n) is 11.8. The van der Waals surface area contributed by atoms with Crippen molar-refractivity contribution < 1.29 is 37.9 Å². The van der Waals surface area contributed by atoms with Crippen LogP contribution in [-0.2, 0) is 15.9 Å². The van der Waals surface area contributed by atoms with Gasteiger partial charge in [0.25, 0.3) is 0 Å². The molecule has 0 unspecified atom stereocenters. The lowest BCUT2D eigenvalue weighted by Gasteiger charge is -2.29. The van der Waals surface area contributed by atoms with Crippen molar-refractivity contribution in [3.8, 4) is 28.7 Å². The first-order chi connectivity index (χ1) is 17.6. The summed E-state index contributed by atoms with van der Waals surface area (Å²) >= 11 is 0. The molecule has 1 aromatic heterocycles. The van der Waals surface area contributed by atoms with E-state index in [0.29, 0.717) is 23.3 Å². The molecule has 1 aliphatic heterocycles. The molecule has 9 nitrogen and oxygen atoms in total. The van der Waals surface area contributed by atoms with Gasteiger partial charge in [0.15, 0.2) is 24.9 Å². The molecule has 1 N–H and O–H groups in total. The average molecular weight is 513 g/mol. The van der Waals surface area contributed by atoms with Crippen molar-refractivity contribution in [2.75, 3.05) is 34.9 Å². The highest BCUT2D eigenvalue weighted by molar-refractivity contribution is 6.01. The third-order valence-electron chi connectivity index (χ3n) is 5.94. The summed E-state index contributed by atoms with van der Waals surface area (Å²) in [6.07, 6.45) is 6.03. The van der Waals surface area contributed by atoms with Crippen LogP contribution in [0.15, 0.2) is 33.0 Å². The van der Waals surface area contributed by atoms with Crippen LogP contribution >= 0.6 is 0 Å². The fraction of sp³-hybridized carbons (Fsp3) is 0.393. The maximum Gasteiger partial charge on any atom is 0.210 e. The van der Waals surface area contributed by atoms with Gasteiger partial charge >= 0.3 is 0 Å². The van der Waals surface area contributed by atoms with E-state index in [2.05, 4.69) is 0 Å². The molecule has 0 amide bonds. The molecular formula is C28H32O9. The van der Waals surface area contributed by atoms with Crippen molar-refractivity contribution in [1.29, 1.82) is 0 Å². The zero-order valence-electron chi connectivity index (χ0n) is 22.1. The van der Waals surface area contributed by atoms with E-state index in [-0.39, 0.29) is 58.5 Å². The predicted octanol–water partition coefficient (Wildman–Crippen LogP) is 5.32. The molecule has 37 heavy (non-hydrogen) atoms. The molecule has 4 rings (SSSR count). The molecular weight excluding hydrogens is 480 g/mol. The zero-order chi connectivity index (χ0) is 26.9. The minimum absolute atomic E-state index is 0.0191.